The third-order valence-corrected chi connectivity index (χ3v) is 9.86. The molecule has 0 spiro atoms. The van der Waals surface area contributed by atoms with Crippen LogP contribution in [0.1, 0.15) is 28.8 Å². The van der Waals surface area contributed by atoms with E-state index in [1.807, 2.05) is 0 Å². The standard InChI is InChI=1S/C28H27Cl2N3O6S/c29-21-8-4-9-22(30)24(21)25(34)32-19-12-10-18(11-13-19)16-23(26(35)36)33-27(37)28(14-5-15-31-17-28)40(38,39)20-6-2-1-3-7-20/h1-4,6-13,23,31H,5,14-17H2,(H,32,34)(H,33,37)(H,35,36)/t23-,28?/m0/s1. The van der Waals surface area contributed by atoms with Crippen LogP contribution in [0.15, 0.2) is 77.7 Å². The van der Waals surface area contributed by atoms with Crippen molar-refractivity contribution in [1.82, 2.24) is 10.6 Å². The largest absolute Gasteiger partial charge is 0.480 e. The summed E-state index contributed by atoms with van der Waals surface area (Å²) < 4.78 is 25.4. The van der Waals surface area contributed by atoms with E-state index in [9.17, 15) is 27.9 Å². The minimum Gasteiger partial charge on any atom is -0.480 e. The highest BCUT2D eigenvalue weighted by atomic mass is 35.5. The SMILES string of the molecule is O=C(Nc1ccc(C[C@H](NC(=O)C2(S(=O)(=O)c3ccccc3)CCCNC2)C(=O)O)cc1)c1c(Cl)cccc1Cl. The topological polar surface area (TPSA) is 142 Å². The monoisotopic (exact) mass is 603 g/mol. The van der Waals surface area contributed by atoms with Crippen molar-refractivity contribution in [3.63, 3.8) is 0 Å². The lowest BCUT2D eigenvalue weighted by molar-refractivity contribution is -0.142. The van der Waals surface area contributed by atoms with Gasteiger partial charge in [-0.3, -0.25) is 9.59 Å². The van der Waals surface area contributed by atoms with Gasteiger partial charge in [0.1, 0.15) is 6.04 Å². The second kappa shape index (κ2) is 12.4. The highest BCUT2D eigenvalue weighted by Gasteiger charge is 2.52. The number of piperidine rings is 1. The summed E-state index contributed by atoms with van der Waals surface area (Å²) in [6.07, 6.45) is 0.379. The number of carbonyl (C=O) groups excluding carboxylic acids is 2. The van der Waals surface area contributed by atoms with E-state index in [-0.39, 0.29) is 39.9 Å². The Morgan fingerprint density at radius 2 is 1.60 bits per heavy atom. The predicted octanol–water partition coefficient (Wildman–Crippen LogP) is 3.95. The molecule has 1 fully saturated rings. The number of benzene rings is 3. The van der Waals surface area contributed by atoms with Crippen molar-refractivity contribution >= 4 is 56.5 Å². The number of halogens is 2. The molecule has 1 heterocycles. The Morgan fingerprint density at radius 3 is 2.17 bits per heavy atom. The molecule has 2 amide bonds. The van der Waals surface area contributed by atoms with Crippen LogP contribution in [0.4, 0.5) is 5.69 Å². The van der Waals surface area contributed by atoms with E-state index in [1.165, 1.54) is 12.1 Å². The Bertz CT molecular complexity index is 1490. The van der Waals surface area contributed by atoms with Crippen molar-refractivity contribution in [3.05, 3.63) is 94.0 Å². The zero-order chi connectivity index (χ0) is 28.9. The first-order valence-electron chi connectivity index (χ1n) is 12.4. The number of rotatable bonds is 9. The van der Waals surface area contributed by atoms with E-state index in [1.54, 1.807) is 60.7 Å². The van der Waals surface area contributed by atoms with E-state index in [0.29, 0.717) is 24.2 Å². The van der Waals surface area contributed by atoms with Crippen molar-refractivity contribution < 1.29 is 27.9 Å². The molecule has 40 heavy (non-hydrogen) atoms. The van der Waals surface area contributed by atoms with Gasteiger partial charge in [0.05, 0.1) is 20.5 Å². The molecule has 2 atom stereocenters. The molecular formula is C28H27Cl2N3O6S. The highest BCUT2D eigenvalue weighted by Crippen LogP contribution is 2.32. The van der Waals surface area contributed by atoms with Crippen LogP contribution in [0.25, 0.3) is 0 Å². The van der Waals surface area contributed by atoms with Gasteiger partial charge in [0.15, 0.2) is 14.6 Å². The summed E-state index contributed by atoms with van der Waals surface area (Å²) in [5, 5.41) is 18.4. The van der Waals surface area contributed by atoms with Gasteiger partial charge in [-0.05, 0) is 61.3 Å². The fourth-order valence-corrected chi connectivity index (χ4v) is 7.15. The molecule has 210 valence electrons. The van der Waals surface area contributed by atoms with Gasteiger partial charge in [0, 0.05) is 18.7 Å². The molecule has 4 rings (SSSR count). The Morgan fingerprint density at radius 1 is 0.950 bits per heavy atom. The van der Waals surface area contributed by atoms with Crippen LogP contribution >= 0.6 is 23.2 Å². The maximum absolute atomic E-state index is 13.6. The number of hydrogen-bond donors (Lipinski definition) is 4. The van der Waals surface area contributed by atoms with Crippen LogP contribution in [0.3, 0.4) is 0 Å². The molecule has 1 unspecified atom stereocenters. The zero-order valence-electron chi connectivity index (χ0n) is 21.2. The summed E-state index contributed by atoms with van der Waals surface area (Å²) in [5.41, 5.74) is 1.09. The fraction of sp³-hybridized carbons (Fsp3) is 0.250. The van der Waals surface area contributed by atoms with Gasteiger partial charge in [0.2, 0.25) is 5.91 Å². The van der Waals surface area contributed by atoms with Crippen LogP contribution < -0.4 is 16.0 Å². The number of sulfone groups is 1. The normalized spacial score (nSPS) is 17.9. The Labute approximate surface area is 241 Å². The average molecular weight is 605 g/mol. The Balaban J connectivity index is 1.50. The second-order valence-corrected chi connectivity index (χ2v) is 12.5. The summed E-state index contributed by atoms with van der Waals surface area (Å²) in [4.78, 5) is 38.3. The number of aliphatic carboxylic acids is 1. The van der Waals surface area contributed by atoms with Crippen LogP contribution in [-0.4, -0.2) is 55.2 Å². The predicted molar refractivity (Wildman–Crippen MR) is 153 cm³/mol. The molecule has 0 aliphatic carbocycles. The maximum atomic E-state index is 13.6. The fourth-order valence-electron chi connectivity index (χ4n) is 4.61. The quantitative estimate of drug-likeness (QED) is 0.290. The first kappa shape index (κ1) is 29.5. The van der Waals surface area contributed by atoms with E-state index >= 15 is 0 Å². The van der Waals surface area contributed by atoms with Crippen molar-refractivity contribution in [2.24, 2.45) is 0 Å². The Kier molecular flexibility index (Phi) is 9.15. The first-order chi connectivity index (χ1) is 19.0. The summed E-state index contributed by atoms with van der Waals surface area (Å²) in [7, 11) is -4.14. The van der Waals surface area contributed by atoms with E-state index in [0.717, 1.165) is 0 Å². The number of hydrogen-bond acceptors (Lipinski definition) is 6. The Hall–Kier alpha value is -3.44. The molecule has 12 heteroatoms. The molecule has 3 aromatic carbocycles. The molecule has 0 saturated carbocycles. The van der Waals surface area contributed by atoms with Gasteiger partial charge >= 0.3 is 5.97 Å². The van der Waals surface area contributed by atoms with Crippen molar-refractivity contribution in [2.75, 3.05) is 18.4 Å². The lowest BCUT2D eigenvalue weighted by atomic mass is 9.96. The van der Waals surface area contributed by atoms with Crippen LogP contribution in [-0.2, 0) is 25.8 Å². The summed E-state index contributed by atoms with van der Waals surface area (Å²) in [6.45, 7) is 0.416. The van der Waals surface area contributed by atoms with E-state index in [4.69, 9.17) is 23.2 Å². The van der Waals surface area contributed by atoms with Gasteiger partial charge in [-0.2, -0.15) is 0 Å². The summed E-state index contributed by atoms with van der Waals surface area (Å²) in [5.74, 6) is -2.68. The number of nitrogens with one attached hydrogen (secondary N) is 3. The minimum atomic E-state index is -4.14. The number of carboxylic acid groups (broad SMARTS) is 1. The number of carboxylic acids is 1. The lowest BCUT2D eigenvalue weighted by Crippen LogP contribution is -2.62. The van der Waals surface area contributed by atoms with Crippen LogP contribution in [0, 0.1) is 0 Å². The average Bonchev–Trinajstić information content (AvgIpc) is 2.94. The van der Waals surface area contributed by atoms with Gasteiger partial charge < -0.3 is 21.1 Å². The number of anilines is 1. The molecule has 9 nitrogen and oxygen atoms in total. The van der Waals surface area contributed by atoms with Gasteiger partial charge in [0.25, 0.3) is 5.91 Å². The van der Waals surface area contributed by atoms with E-state index < -0.39 is 38.4 Å². The first-order valence-corrected chi connectivity index (χ1v) is 14.7. The van der Waals surface area contributed by atoms with Gasteiger partial charge in [-0.1, -0.05) is 59.6 Å². The third-order valence-electron chi connectivity index (χ3n) is 6.77. The van der Waals surface area contributed by atoms with Crippen LogP contribution in [0.2, 0.25) is 10.0 Å². The maximum Gasteiger partial charge on any atom is 0.326 e. The van der Waals surface area contributed by atoms with Gasteiger partial charge in [-0.25, -0.2) is 13.2 Å². The molecule has 1 aliphatic rings. The summed E-state index contributed by atoms with van der Waals surface area (Å²) in [6, 6.07) is 17.3. The van der Waals surface area contributed by atoms with Crippen LogP contribution in [0.5, 0.6) is 0 Å². The van der Waals surface area contributed by atoms with Crippen molar-refractivity contribution in [3.8, 4) is 0 Å². The van der Waals surface area contributed by atoms with Crippen molar-refractivity contribution in [1.29, 1.82) is 0 Å². The molecule has 0 radical (unpaired) electrons. The highest BCUT2D eigenvalue weighted by molar-refractivity contribution is 7.93. The molecule has 3 aromatic rings. The van der Waals surface area contributed by atoms with Crippen molar-refractivity contribution in [2.45, 2.75) is 34.9 Å². The zero-order valence-corrected chi connectivity index (χ0v) is 23.5. The minimum absolute atomic E-state index is 0.00330. The third kappa shape index (κ3) is 6.15. The molecule has 0 bridgehead atoms. The molecule has 1 aliphatic heterocycles. The smallest absolute Gasteiger partial charge is 0.326 e. The molecule has 1 saturated heterocycles. The molecule has 0 aromatic heterocycles. The lowest BCUT2D eigenvalue weighted by Gasteiger charge is -2.36. The molecular weight excluding hydrogens is 577 g/mol. The molecule has 4 N–H and O–H groups in total. The summed E-state index contributed by atoms with van der Waals surface area (Å²) >= 11 is 12.2. The number of amides is 2. The van der Waals surface area contributed by atoms with E-state index in [2.05, 4.69) is 16.0 Å². The number of carbonyl (C=O) groups is 3. The van der Waals surface area contributed by atoms with Gasteiger partial charge in [-0.15, -0.1) is 0 Å². The second-order valence-electron chi connectivity index (χ2n) is 9.41.